The number of pyridine rings is 1. The summed E-state index contributed by atoms with van der Waals surface area (Å²) >= 11 is 4.99. The van der Waals surface area contributed by atoms with Crippen molar-refractivity contribution in [2.24, 2.45) is 11.7 Å². The first-order valence-corrected chi connectivity index (χ1v) is 6.04. The molecule has 0 aliphatic rings. The first kappa shape index (κ1) is 13.7. The number of rotatable bonds is 6. The smallest absolute Gasteiger partial charge is 0.214 e. The Bertz CT molecular complexity index is 384. The minimum absolute atomic E-state index is 0.165. The van der Waals surface area contributed by atoms with E-state index in [-0.39, 0.29) is 5.92 Å². The highest BCUT2D eigenvalue weighted by Gasteiger charge is 2.13. The fourth-order valence-electron chi connectivity index (χ4n) is 1.50. The second-order valence-corrected chi connectivity index (χ2v) is 4.35. The molecule has 1 atom stereocenters. The molecule has 0 bridgehead atoms. The summed E-state index contributed by atoms with van der Waals surface area (Å²) in [5.74, 6) is 1.66. The molecule has 94 valence electrons. The molecule has 1 aromatic heterocycles. The normalized spacial score (nSPS) is 11.9. The summed E-state index contributed by atoms with van der Waals surface area (Å²) in [5.41, 5.74) is 5.63. The molecule has 0 amide bonds. The second-order valence-electron chi connectivity index (χ2n) is 3.88. The molecular weight excluding hydrogens is 234 g/mol. The molecule has 0 saturated carbocycles. The van der Waals surface area contributed by atoms with Gasteiger partial charge in [-0.25, -0.2) is 0 Å². The molecule has 1 aromatic rings. The fourth-order valence-corrected chi connectivity index (χ4v) is 1.57. The predicted octanol–water partition coefficient (Wildman–Crippen LogP) is 1.84. The Kier molecular flexibility index (Phi) is 5.15. The molecule has 1 unspecified atom stereocenters. The Morgan fingerprint density at radius 3 is 2.82 bits per heavy atom. The highest BCUT2D eigenvalue weighted by Crippen LogP contribution is 2.16. The van der Waals surface area contributed by atoms with E-state index in [1.54, 1.807) is 7.11 Å². The monoisotopic (exact) mass is 253 g/mol. The number of nitrogens with two attached hydrogens (primary N) is 1. The van der Waals surface area contributed by atoms with Gasteiger partial charge in [-0.05, 0) is 13.0 Å². The number of methoxy groups -OCH3 is 1. The first-order chi connectivity index (χ1) is 8.08. The van der Waals surface area contributed by atoms with E-state index in [0.717, 1.165) is 18.9 Å². The van der Waals surface area contributed by atoms with Crippen molar-refractivity contribution in [2.45, 2.75) is 13.8 Å². The molecule has 0 aliphatic carbocycles. The topological polar surface area (TPSA) is 51.4 Å². The second kappa shape index (κ2) is 6.39. The lowest BCUT2D eigenvalue weighted by Crippen LogP contribution is -2.34. The zero-order valence-corrected chi connectivity index (χ0v) is 11.3. The van der Waals surface area contributed by atoms with Crippen molar-refractivity contribution in [3.05, 3.63) is 18.2 Å². The minimum atomic E-state index is 0.165. The number of ether oxygens (including phenoxy) is 1. The summed E-state index contributed by atoms with van der Waals surface area (Å²) in [5, 5.41) is 0. The standard InChI is InChI=1S/C12H19N3OS/c1-4-15(8-9(2)12(13)17)10-6-5-7-11(14-10)16-3/h5-7,9H,4,8H2,1-3H3,(H2,13,17). The number of aromatic nitrogens is 1. The number of hydrogen-bond acceptors (Lipinski definition) is 4. The number of nitrogens with zero attached hydrogens (tertiary/aromatic N) is 2. The molecule has 0 spiro atoms. The molecule has 0 aromatic carbocycles. The number of hydrogen-bond donors (Lipinski definition) is 1. The highest BCUT2D eigenvalue weighted by atomic mass is 32.1. The van der Waals surface area contributed by atoms with Crippen LogP contribution in [0, 0.1) is 5.92 Å². The quantitative estimate of drug-likeness (QED) is 0.784. The molecule has 5 heteroatoms. The zero-order valence-electron chi connectivity index (χ0n) is 10.5. The summed E-state index contributed by atoms with van der Waals surface area (Å²) in [6.07, 6.45) is 0. The van der Waals surface area contributed by atoms with E-state index in [1.165, 1.54) is 0 Å². The largest absolute Gasteiger partial charge is 0.481 e. The maximum Gasteiger partial charge on any atom is 0.214 e. The van der Waals surface area contributed by atoms with Gasteiger partial charge in [0.05, 0.1) is 12.1 Å². The van der Waals surface area contributed by atoms with Gasteiger partial charge in [-0.15, -0.1) is 0 Å². The molecule has 2 N–H and O–H groups in total. The minimum Gasteiger partial charge on any atom is -0.481 e. The summed E-state index contributed by atoms with van der Waals surface area (Å²) in [4.78, 5) is 7.06. The van der Waals surface area contributed by atoms with Crippen LogP contribution in [0.5, 0.6) is 5.88 Å². The Labute approximate surface area is 108 Å². The number of thiocarbonyl (C=S) groups is 1. The van der Waals surface area contributed by atoms with Crippen LogP contribution in [0.4, 0.5) is 5.82 Å². The van der Waals surface area contributed by atoms with Crippen LogP contribution in [-0.2, 0) is 0 Å². The van der Waals surface area contributed by atoms with E-state index in [9.17, 15) is 0 Å². The van der Waals surface area contributed by atoms with Gasteiger partial charge in [0.2, 0.25) is 5.88 Å². The van der Waals surface area contributed by atoms with Crippen molar-refractivity contribution in [1.29, 1.82) is 0 Å². The lowest BCUT2D eigenvalue weighted by Gasteiger charge is -2.25. The maximum absolute atomic E-state index is 5.63. The average molecular weight is 253 g/mol. The third-order valence-corrected chi connectivity index (χ3v) is 3.01. The van der Waals surface area contributed by atoms with Crippen LogP contribution in [0.2, 0.25) is 0 Å². The third kappa shape index (κ3) is 3.85. The van der Waals surface area contributed by atoms with Crippen LogP contribution < -0.4 is 15.4 Å². The third-order valence-electron chi connectivity index (χ3n) is 2.60. The van der Waals surface area contributed by atoms with E-state index in [2.05, 4.69) is 16.8 Å². The van der Waals surface area contributed by atoms with Crippen LogP contribution in [0.15, 0.2) is 18.2 Å². The molecule has 0 aliphatic heterocycles. The van der Waals surface area contributed by atoms with Crippen molar-refractivity contribution in [2.75, 3.05) is 25.1 Å². The van der Waals surface area contributed by atoms with Crippen LogP contribution in [-0.4, -0.2) is 30.2 Å². The van der Waals surface area contributed by atoms with Crippen LogP contribution in [0.1, 0.15) is 13.8 Å². The Morgan fingerprint density at radius 1 is 1.59 bits per heavy atom. The number of anilines is 1. The van der Waals surface area contributed by atoms with Gasteiger partial charge < -0.3 is 15.4 Å². The van der Waals surface area contributed by atoms with Gasteiger partial charge in [0.25, 0.3) is 0 Å². The Hall–Kier alpha value is -1.36. The summed E-state index contributed by atoms with van der Waals surface area (Å²) in [6.45, 7) is 5.72. The maximum atomic E-state index is 5.63. The van der Waals surface area contributed by atoms with Crippen molar-refractivity contribution < 1.29 is 4.74 Å². The van der Waals surface area contributed by atoms with Crippen molar-refractivity contribution in [1.82, 2.24) is 4.98 Å². The van der Waals surface area contributed by atoms with E-state index < -0.39 is 0 Å². The first-order valence-electron chi connectivity index (χ1n) is 5.63. The van der Waals surface area contributed by atoms with Gasteiger partial charge >= 0.3 is 0 Å². The van der Waals surface area contributed by atoms with Gasteiger partial charge in [0.15, 0.2) is 0 Å². The zero-order chi connectivity index (χ0) is 12.8. The van der Waals surface area contributed by atoms with E-state index in [4.69, 9.17) is 22.7 Å². The van der Waals surface area contributed by atoms with E-state index in [0.29, 0.717) is 10.9 Å². The molecule has 1 heterocycles. The lowest BCUT2D eigenvalue weighted by atomic mass is 10.1. The summed E-state index contributed by atoms with van der Waals surface area (Å²) in [7, 11) is 1.61. The summed E-state index contributed by atoms with van der Waals surface area (Å²) < 4.78 is 5.11. The molecule has 17 heavy (non-hydrogen) atoms. The van der Waals surface area contributed by atoms with Crippen molar-refractivity contribution in [3.8, 4) is 5.88 Å². The summed E-state index contributed by atoms with van der Waals surface area (Å²) in [6, 6.07) is 5.71. The van der Waals surface area contributed by atoms with Crippen molar-refractivity contribution >= 4 is 23.0 Å². The van der Waals surface area contributed by atoms with Gasteiger partial charge in [0, 0.05) is 25.1 Å². The van der Waals surface area contributed by atoms with Crippen LogP contribution in [0.25, 0.3) is 0 Å². The molecule has 0 fully saturated rings. The van der Waals surface area contributed by atoms with Gasteiger partial charge in [-0.3, -0.25) is 0 Å². The van der Waals surface area contributed by atoms with Gasteiger partial charge in [0.1, 0.15) is 5.82 Å². The molecule has 0 saturated heterocycles. The van der Waals surface area contributed by atoms with Gasteiger partial charge in [-0.2, -0.15) is 4.98 Å². The predicted molar refractivity (Wildman–Crippen MR) is 74.6 cm³/mol. The van der Waals surface area contributed by atoms with E-state index in [1.807, 2.05) is 25.1 Å². The molecular formula is C12H19N3OS. The Morgan fingerprint density at radius 2 is 2.29 bits per heavy atom. The van der Waals surface area contributed by atoms with E-state index >= 15 is 0 Å². The Balaban J connectivity index is 2.82. The van der Waals surface area contributed by atoms with Crippen LogP contribution >= 0.6 is 12.2 Å². The van der Waals surface area contributed by atoms with Crippen LogP contribution in [0.3, 0.4) is 0 Å². The molecule has 4 nitrogen and oxygen atoms in total. The molecule has 1 rings (SSSR count). The fraction of sp³-hybridized carbons (Fsp3) is 0.500. The lowest BCUT2D eigenvalue weighted by molar-refractivity contribution is 0.397. The molecule has 0 radical (unpaired) electrons. The SMILES string of the molecule is CCN(CC(C)C(N)=S)c1cccc(OC)n1. The van der Waals surface area contributed by atoms with Crippen molar-refractivity contribution in [3.63, 3.8) is 0 Å². The average Bonchev–Trinajstić information content (AvgIpc) is 2.35. The highest BCUT2D eigenvalue weighted by molar-refractivity contribution is 7.80. The van der Waals surface area contributed by atoms with Gasteiger partial charge in [-0.1, -0.05) is 25.2 Å².